The minimum absolute atomic E-state index is 0.558. The largest absolute Gasteiger partial charge is 0.368 e. The van der Waals surface area contributed by atoms with Crippen LogP contribution in [0.1, 0.15) is 13.3 Å². The third-order valence-corrected chi connectivity index (χ3v) is 4.41. The van der Waals surface area contributed by atoms with Crippen molar-refractivity contribution in [2.45, 2.75) is 25.4 Å². The number of halogens is 1. The summed E-state index contributed by atoms with van der Waals surface area (Å²) < 4.78 is 1.13. The van der Waals surface area contributed by atoms with Crippen LogP contribution in [0.4, 0.5) is 5.69 Å². The molecular weight excluding hydrogens is 290 g/mol. The van der Waals surface area contributed by atoms with Crippen molar-refractivity contribution in [3.05, 3.63) is 28.7 Å². The smallest absolute Gasteiger partial charge is 0.0368 e. The van der Waals surface area contributed by atoms with Crippen LogP contribution in [0.25, 0.3) is 0 Å². The van der Waals surface area contributed by atoms with Gasteiger partial charge in [-0.2, -0.15) is 0 Å². The maximum atomic E-state index is 5.72. The molecule has 1 saturated heterocycles. The van der Waals surface area contributed by atoms with Gasteiger partial charge in [-0.3, -0.25) is 4.90 Å². The lowest BCUT2D eigenvalue weighted by Crippen LogP contribution is -2.56. The first-order valence-corrected chi connectivity index (χ1v) is 7.33. The van der Waals surface area contributed by atoms with Gasteiger partial charge in [-0.05, 0) is 51.2 Å². The molecule has 0 aliphatic carbocycles. The van der Waals surface area contributed by atoms with Crippen molar-refractivity contribution in [1.82, 2.24) is 4.90 Å². The molecule has 100 valence electrons. The minimum Gasteiger partial charge on any atom is -0.368 e. The standard InChI is InChI=1S/C14H22BrN3/c1-11-9-18(10-14(7-8-16)17(11)2)13-5-3-12(15)4-6-13/h3-6,11,14H,7-10,16H2,1-2H3. The maximum Gasteiger partial charge on any atom is 0.0368 e. The highest BCUT2D eigenvalue weighted by Gasteiger charge is 2.28. The van der Waals surface area contributed by atoms with Gasteiger partial charge in [0.05, 0.1) is 0 Å². The molecule has 0 amide bonds. The molecule has 1 heterocycles. The lowest BCUT2D eigenvalue weighted by atomic mass is 10.0. The van der Waals surface area contributed by atoms with E-state index in [0.29, 0.717) is 12.1 Å². The fraction of sp³-hybridized carbons (Fsp3) is 0.571. The lowest BCUT2D eigenvalue weighted by molar-refractivity contribution is 0.152. The summed E-state index contributed by atoms with van der Waals surface area (Å²) in [5.74, 6) is 0. The van der Waals surface area contributed by atoms with Gasteiger partial charge in [0, 0.05) is 35.3 Å². The molecular formula is C14H22BrN3. The number of nitrogens with two attached hydrogens (primary N) is 1. The van der Waals surface area contributed by atoms with Gasteiger partial charge in [0.15, 0.2) is 0 Å². The van der Waals surface area contributed by atoms with E-state index in [1.807, 2.05) is 0 Å². The van der Waals surface area contributed by atoms with Gasteiger partial charge < -0.3 is 10.6 Å². The second-order valence-electron chi connectivity index (χ2n) is 5.13. The Bertz CT molecular complexity index is 379. The fourth-order valence-electron chi connectivity index (χ4n) is 2.62. The predicted molar refractivity (Wildman–Crippen MR) is 81.0 cm³/mol. The molecule has 1 aliphatic heterocycles. The molecule has 2 N–H and O–H groups in total. The van der Waals surface area contributed by atoms with Crippen molar-refractivity contribution in [3.8, 4) is 0 Å². The highest BCUT2D eigenvalue weighted by Crippen LogP contribution is 2.24. The monoisotopic (exact) mass is 311 g/mol. The molecule has 0 saturated carbocycles. The first kappa shape index (κ1) is 13.8. The third-order valence-electron chi connectivity index (χ3n) is 3.88. The topological polar surface area (TPSA) is 32.5 Å². The Hall–Kier alpha value is -0.580. The van der Waals surface area contributed by atoms with E-state index >= 15 is 0 Å². The van der Waals surface area contributed by atoms with E-state index < -0.39 is 0 Å². The molecule has 1 fully saturated rings. The van der Waals surface area contributed by atoms with Crippen molar-refractivity contribution >= 4 is 21.6 Å². The number of hydrogen-bond acceptors (Lipinski definition) is 3. The second kappa shape index (κ2) is 6.04. The zero-order valence-corrected chi connectivity index (χ0v) is 12.7. The number of anilines is 1. The van der Waals surface area contributed by atoms with E-state index in [1.54, 1.807) is 0 Å². The van der Waals surface area contributed by atoms with Crippen molar-refractivity contribution < 1.29 is 0 Å². The summed E-state index contributed by atoms with van der Waals surface area (Å²) in [6.07, 6.45) is 1.06. The Labute approximate surface area is 118 Å². The zero-order chi connectivity index (χ0) is 13.1. The van der Waals surface area contributed by atoms with Crippen molar-refractivity contribution in [1.29, 1.82) is 0 Å². The SMILES string of the molecule is CC1CN(c2ccc(Br)cc2)CC(CCN)N1C. The summed E-state index contributed by atoms with van der Waals surface area (Å²) >= 11 is 3.48. The first-order valence-electron chi connectivity index (χ1n) is 6.54. The highest BCUT2D eigenvalue weighted by atomic mass is 79.9. The van der Waals surface area contributed by atoms with Crippen LogP contribution >= 0.6 is 15.9 Å². The van der Waals surface area contributed by atoms with Crippen molar-refractivity contribution in [2.75, 3.05) is 31.6 Å². The van der Waals surface area contributed by atoms with Crippen LogP contribution in [0, 0.1) is 0 Å². The van der Waals surface area contributed by atoms with Gasteiger partial charge in [-0.25, -0.2) is 0 Å². The molecule has 1 aromatic carbocycles. The molecule has 2 rings (SSSR count). The molecule has 0 bridgehead atoms. The first-order chi connectivity index (χ1) is 8.61. The van der Waals surface area contributed by atoms with Crippen molar-refractivity contribution in [2.24, 2.45) is 5.73 Å². The maximum absolute atomic E-state index is 5.72. The van der Waals surface area contributed by atoms with E-state index in [4.69, 9.17) is 5.73 Å². The predicted octanol–water partition coefficient (Wildman–Crippen LogP) is 2.31. The van der Waals surface area contributed by atoms with E-state index in [9.17, 15) is 0 Å². The van der Waals surface area contributed by atoms with Crippen LogP contribution in [0.2, 0.25) is 0 Å². The van der Waals surface area contributed by atoms with E-state index in [0.717, 1.165) is 30.5 Å². The fourth-order valence-corrected chi connectivity index (χ4v) is 2.88. The molecule has 0 radical (unpaired) electrons. The third kappa shape index (κ3) is 3.05. The van der Waals surface area contributed by atoms with Gasteiger partial charge in [0.1, 0.15) is 0 Å². The van der Waals surface area contributed by atoms with E-state index in [-0.39, 0.29) is 0 Å². The summed E-state index contributed by atoms with van der Waals surface area (Å²) in [4.78, 5) is 4.93. The Morgan fingerprint density at radius 3 is 2.56 bits per heavy atom. The average molecular weight is 312 g/mol. The molecule has 0 aromatic heterocycles. The minimum atomic E-state index is 0.558. The number of benzene rings is 1. The van der Waals surface area contributed by atoms with Crippen LogP contribution in [0.3, 0.4) is 0 Å². The highest BCUT2D eigenvalue weighted by molar-refractivity contribution is 9.10. The Kier molecular flexibility index (Phi) is 4.65. The quantitative estimate of drug-likeness (QED) is 0.929. The molecule has 18 heavy (non-hydrogen) atoms. The van der Waals surface area contributed by atoms with Crippen molar-refractivity contribution in [3.63, 3.8) is 0 Å². The molecule has 3 nitrogen and oxygen atoms in total. The lowest BCUT2D eigenvalue weighted by Gasteiger charge is -2.45. The van der Waals surface area contributed by atoms with Gasteiger partial charge in [-0.15, -0.1) is 0 Å². The molecule has 2 unspecified atom stereocenters. The van der Waals surface area contributed by atoms with Gasteiger partial charge >= 0.3 is 0 Å². The number of hydrogen-bond donors (Lipinski definition) is 1. The van der Waals surface area contributed by atoms with E-state index in [2.05, 4.69) is 64.0 Å². The zero-order valence-electron chi connectivity index (χ0n) is 11.1. The summed E-state index contributed by atoms with van der Waals surface area (Å²) in [6.45, 7) is 5.20. The molecule has 4 heteroatoms. The van der Waals surface area contributed by atoms with E-state index in [1.165, 1.54) is 5.69 Å². The van der Waals surface area contributed by atoms with Gasteiger partial charge in [0.25, 0.3) is 0 Å². The summed E-state index contributed by atoms with van der Waals surface area (Å²) in [5.41, 5.74) is 7.03. The molecule has 1 aromatic rings. The Morgan fingerprint density at radius 1 is 1.28 bits per heavy atom. The van der Waals surface area contributed by atoms with Crippen LogP contribution in [-0.4, -0.2) is 43.7 Å². The Balaban J connectivity index is 2.12. The number of likely N-dealkylation sites (N-methyl/N-ethyl adjacent to an activating group) is 1. The van der Waals surface area contributed by atoms with Gasteiger partial charge in [-0.1, -0.05) is 15.9 Å². The summed E-state index contributed by atoms with van der Waals surface area (Å²) in [5, 5.41) is 0. The summed E-state index contributed by atoms with van der Waals surface area (Å²) in [6, 6.07) is 9.71. The molecule has 2 atom stereocenters. The molecule has 0 spiro atoms. The average Bonchev–Trinajstić information content (AvgIpc) is 2.36. The Morgan fingerprint density at radius 2 is 1.94 bits per heavy atom. The van der Waals surface area contributed by atoms with Crippen LogP contribution in [0.15, 0.2) is 28.7 Å². The van der Waals surface area contributed by atoms with Crippen LogP contribution in [0.5, 0.6) is 0 Å². The normalized spacial score (nSPS) is 25.4. The second-order valence-corrected chi connectivity index (χ2v) is 6.04. The summed E-state index contributed by atoms with van der Waals surface area (Å²) in [7, 11) is 2.21. The van der Waals surface area contributed by atoms with Crippen LogP contribution < -0.4 is 10.6 Å². The molecule has 1 aliphatic rings. The van der Waals surface area contributed by atoms with Crippen LogP contribution in [-0.2, 0) is 0 Å². The number of nitrogens with zero attached hydrogens (tertiary/aromatic N) is 2. The van der Waals surface area contributed by atoms with Gasteiger partial charge in [0.2, 0.25) is 0 Å². The number of rotatable bonds is 3. The number of piperazine rings is 1.